The third-order valence-corrected chi connectivity index (χ3v) is 3.95. The summed E-state index contributed by atoms with van der Waals surface area (Å²) < 4.78 is 63.8. The fraction of sp³-hybridized carbons (Fsp3) is 0.211. The van der Waals surface area contributed by atoms with Crippen LogP contribution in [0.15, 0.2) is 35.9 Å². The molecule has 3 nitrogen and oxygen atoms in total. The normalized spacial score (nSPS) is 13.5. The first-order valence-corrected chi connectivity index (χ1v) is 7.69. The van der Waals surface area contributed by atoms with Crippen LogP contribution in [0.2, 0.25) is 0 Å². The molecule has 0 aromatic heterocycles. The standard InChI is InChI=1S/C19H14F4O3/c1-11-2-3-12(5-16(11)19(21,22)23)9-25-14-6-17(20)15-4-13(8-24)10-26-18(15)7-14/h2-8H,9-10H2,1H3. The number of rotatable bonds is 4. The maximum absolute atomic E-state index is 14.2. The zero-order valence-corrected chi connectivity index (χ0v) is 13.7. The van der Waals surface area contributed by atoms with Gasteiger partial charge >= 0.3 is 6.18 Å². The van der Waals surface area contributed by atoms with Crippen molar-refractivity contribution in [3.05, 3.63) is 64.0 Å². The van der Waals surface area contributed by atoms with Gasteiger partial charge in [0.25, 0.3) is 0 Å². The van der Waals surface area contributed by atoms with Crippen LogP contribution >= 0.6 is 0 Å². The van der Waals surface area contributed by atoms with Crippen molar-refractivity contribution < 1.29 is 31.8 Å². The lowest BCUT2D eigenvalue weighted by atomic mass is 10.0. The predicted octanol–water partition coefficient (Wildman–Crippen LogP) is 4.71. The van der Waals surface area contributed by atoms with Gasteiger partial charge in [-0.1, -0.05) is 12.1 Å². The van der Waals surface area contributed by atoms with Crippen molar-refractivity contribution in [1.82, 2.24) is 0 Å². The minimum Gasteiger partial charge on any atom is -0.489 e. The second-order valence-electron chi connectivity index (χ2n) is 5.88. The number of carbonyl (C=O) groups is 1. The Bertz CT molecular complexity index is 885. The molecule has 0 saturated carbocycles. The highest BCUT2D eigenvalue weighted by Gasteiger charge is 2.32. The van der Waals surface area contributed by atoms with Crippen LogP contribution in [0.4, 0.5) is 17.6 Å². The van der Waals surface area contributed by atoms with Crippen molar-refractivity contribution in [1.29, 1.82) is 0 Å². The smallest absolute Gasteiger partial charge is 0.416 e. The van der Waals surface area contributed by atoms with Crippen molar-refractivity contribution in [2.45, 2.75) is 19.7 Å². The molecule has 0 saturated heterocycles. The molecule has 0 radical (unpaired) electrons. The molecule has 1 aliphatic heterocycles. The van der Waals surface area contributed by atoms with E-state index >= 15 is 0 Å². The molecule has 0 unspecified atom stereocenters. The number of ether oxygens (including phenoxy) is 2. The van der Waals surface area contributed by atoms with E-state index < -0.39 is 17.6 Å². The van der Waals surface area contributed by atoms with Gasteiger partial charge < -0.3 is 9.47 Å². The first-order valence-electron chi connectivity index (χ1n) is 7.69. The summed E-state index contributed by atoms with van der Waals surface area (Å²) in [6.07, 6.45) is -2.47. The third-order valence-electron chi connectivity index (χ3n) is 3.95. The van der Waals surface area contributed by atoms with Crippen molar-refractivity contribution in [3.63, 3.8) is 0 Å². The zero-order valence-electron chi connectivity index (χ0n) is 13.7. The molecule has 1 heterocycles. The highest BCUT2D eigenvalue weighted by molar-refractivity contribution is 5.84. The second kappa shape index (κ2) is 6.82. The fourth-order valence-electron chi connectivity index (χ4n) is 2.60. The second-order valence-corrected chi connectivity index (χ2v) is 5.88. The molecule has 26 heavy (non-hydrogen) atoms. The Morgan fingerprint density at radius 3 is 2.69 bits per heavy atom. The zero-order chi connectivity index (χ0) is 18.9. The fourth-order valence-corrected chi connectivity index (χ4v) is 2.60. The Kier molecular flexibility index (Phi) is 4.71. The summed E-state index contributed by atoms with van der Waals surface area (Å²) in [4.78, 5) is 10.8. The predicted molar refractivity (Wildman–Crippen MR) is 86.4 cm³/mol. The minimum atomic E-state index is -4.45. The SMILES string of the molecule is Cc1ccc(COc2cc(F)c3c(c2)OCC(C=O)=C3)cc1C(F)(F)F. The first kappa shape index (κ1) is 18.0. The van der Waals surface area contributed by atoms with Crippen molar-refractivity contribution >= 4 is 12.4 Å². The van der Waals surface area contributed by atoms with Crippen molar-refractivity contribution in [3.8, 4) is 11.5 Å². The quantitative estimate of drug-likeness (QED) is 0.581. The molecule has 0 aliphatic carbocycles. The lowest BCUT2D eigenvalue weighted by molar-refractivity contribution is -0.138. The van der Waals surface area contributed by atoms with Gasteiger partial charge in [-0.25, -0.2) is 4.39 Å². The van der Waals surface area contributed by atoms with Gasteiger partial charge in [0, 0.05) is 17.7 Å². The summed E-state index contributed by atoms with van der Waals surface area (Å²) in [6, 6.07) is 6.44. The van der Waals surface area contributed by atoms with Crippen LogP contribution in [-0.2, 0) is 17.6 Å². The van der Waals surface area contributed by atoms with Gasteiger partial charge in [-0.05, 0) is 30.2 Å². The Hall–Kier alpha value is -2.83. The van der Waals surface area contributed by atoms with E-state index in [-0.39, 0.29) is 35.8 Å². The molecule has 0 spiro atoms. The number of benzene rings is 2. The molecule has 2 aromatic carbocycles. The van der Waals surface area contributed by atoms with Crippen LogP contribution in [-0.4, -0.2) is 12.9 Å². The van der Waals surface area contributed by atoms with Gasteiger partial charge in [0.2, 0.25) is 0 Å². The molecule has 3 rings (SSSR count). The lowest BCUT2D eigenvalue weighted by Gasteiger charge is -2.17. The molecule has 0 fully saturated rings. The van der Waals surface area contributed by atoms with Crippen LogP contribution in [0.25, 0.3) is 6.08 Å². The Morgan fingerprint density at radius 1 is 1.23 bits per heavy atom. The number of halogens is 4. The van der Waals surface area contributed by atoms with E-state index in [2.05, 4.69) is 0 Å². The van der Waals surface area contributed by atoms with Crippen LogP contribution in [0.3, 0.4) is 0 Å². The van der Waals surface area contributed by atoms with E-state index in [9.17, 15) is 22.4 Å². The molecular formula is C19H14F4O3. The van der Waals surface area contributed by atoms with Gasteiger partial charge in [-0.15, -0.1) is 0 Å². The average Bonchev–Trinajstić information content (AvgIpc) is 2.60. The van der Waals surface area contributed by atoms with Gasteiger partial charge in [0.15, 0.2) is 0 Å². The Morgan fingerprint density at radius 2 is 2.00 bits per heavy atom. The molecule has 7 heteroatoms. The molecule has 0 atom stereocenters. The summed E-state index contributed by atoms with van der Waals surface area (Å²) in [5.41, 5.74) is 0.146. The Labute approximate surface area is 146 Å². The van der Waals surface area contributed by atoms with Gasteiger partial charge in [-0.2, -0.15) is 13.2 Å². The largest absolute Gasteiger partial charge is 0.489 e. The number of carbonyl (C=O) groups excluding carboxylic acids is 1. The van der Waals surface area contributed by atoms with Gasteiger partial charge in [0.05, 0.1) is 11.1 Å². The van der Waals surface area contributed by atoms with Crippen LogP contribution < -0.4 is 9.47 Å². The van der Waals surface area contributed by atoms with E-state index in [1.165, 1.54) is 31.2 Å². The average molecular weight is 366 g/mol. The molecule has 0 amide bonds. The number of fused-ring (bicyclic) bond motifs is 1. The van der Waals surface area contributed by atoms with E-state index in [4.69, 9.17) is 9.47 Å². The van der Waals surface area contributed by atoms with E-state index in [0.717, 1.165) is 12.1 Å². The highest BCUT2D eigenvalue weighted by atomic mass is 19.4. The number of aldehydes is 1. The monoisotopic (exact) mass is 366 g/mol. The number of hydrogen-bond acceptors (Lipinski definition) is 3. The molecule has 0 bridgehead atoms. The number of alkyl halides is 3. The summed E-state index contributed by atoms with van der Waals surface area (Å²) in [6.45, 7) is 1.24. The molecule has 136 valence electrons. The number of hydrogen-bond donors (Lipinski definition) is 0. The van der Waals surface area contributed by atoms with Crippen LogP contribution in [0, 0.1) is 12.7 Å². The molecule has 0 N–H and O–H groups in total. The summed E-state index contributed by atoms with van der Waals surface area (Å²) in [5, 5.41) is 0. The van der Waals surface area contributed by atoms with Crippen LogP contribution in [0.5, 0.6) is 11.5 Å². The third kappa shape index (κ3) is 3.71. The Balaban J connectivity index is 1.80. The van der Waals surface area contributed by atoms with Gasteiger partial charge in [0.1, 0.15) is 36.8 Å². The maximum atomic E-state index is 14.2. The first-order chi connectivity index (χ1) is 12.3. The topological polar surface area (TPSA) is 35.5 Å². The summed E-state index contributed by atoms with van der Waals surface area (Å²) in [7, 11) is 0. The van der Waals surface area contributed by atoms with Crippen LogP contribution in [0.1, 0.15) is 22.3 Å². The maximum Gasteiger partial charge on any atom is 0.416 e. The minimum absolute atomic E-state index is 0.0201. The summed E-state index contributed by atoms with van der Waals surface area (Å²) >= 11 is 0. The molecular weight excluding hydrogens is 352 g/mol. The van der Waals surface area contributed by atoms with E-state index in [0.29, 0.717) is 17.4 Å². The van der Waals surface area contributed by atoms with E-state index in [1.807, 2.05) is 0 Å². The highest BCUT2D eigenvalue weighted by Crippen LogP contribution is 2.34. The summed E-state index contributed by atoms with van der Waals surface area (Å²) in [5.74, 6) is -0.305. The lowest BCUT2D eigenvalue weighted by Crippen LogP contribution is -2.10. The van der Waals surface area contributed by atoms with Crippen molar-refractivity contribution in [2.75, 3.05) is 6.61 Å². The van der Waals surface area contributed by atoms with E-state index in [1.54, 1.807) is 0 Å². The number of aryl methyl sites for hydroxylation is 1. The van der Waals surface area contributed by atoms with Crippen molar-refractivity contribution in [2.24, 2.45) is 0 Å². The van der Waals surface area contributed by atoms with Gasteiger partial charge in [-0.3, -0.25) is 4.79 Å². The molecule has 1 aliphatic rings. The molecule has 2 aromatic rings.